The molecule has 2 aromatic heterocycles. The van der Waals surface area contributed by atoms with E-state index in [2.05, 4.69) is 14.9 Å². The average Bonchev–Trinajstić information content (AvgIpc) is 3.15. The Bertz CT molecular complexity index is 1050. The van der Waals surface area contributed by atoms with Crippen molar-refractivity contribution in [3.63, 3.8) is 0 Å². The Morgan fingerprint density at radius 2 is 1.85 bits per heavy atom. The first-order chi connectivity index (χ1) is 12.2. The maximum Gasteiger partial charge on any atom is 0.264 e. The Morgan fingerprint density at radius 1 is 1.19 bits per heavy atom. The second-order valence-electron chi connectivity index (χ2n) is 5.92. The van der Waals surface area contributed by atoms with E-state index in [0.29, 0.717) is 29.2 Å². The summed E-state index contributed by atoms with van der Waals surface area (Å²) >= 11 is 0. The molecule has 0 atom stereocenters. The molecule has 0 radical (unpaired) electrons. The van der Waals surface area contributed by atoms with Crippen molar-refractivity contribution >= 4 is 15.7 Å². The maximum atomic E-state index is 13.1. The average molecular weight is 378 g/mol. The number of aryl methyl sites for hydroxylation is 1. The molecular formula is C17H19FN4O3S. The fraction of sp³-hybridized carbons (Fsp3) is 0.294. The highest BCUT2D eigenvalue weighted by Crippen LogP contribution is 2.35. The van der Waals surface area contributed by atoms with Gasteiger partial charge in [-0.05, 0) is 38.1 Å². The lowest BCUT2D eigenvalue weighted by Gasteiger charge is -2.09. The Morgan fingerprint density at radius 3 is 2.42 bits per heavy atom. The van der Waals surface area contributed by atoms with Crippen molar-refractivity contribution in [2.24, 2.45) is 7.05 Å². The Labute approximate surface area is 150 Å². The van der Waals surface area contributed by atoms with Crippen LogP contribution in [0.2, 0.25) is 0 Å². The van der Waals surface area contributed by atoms with Crippen LogP contribution in [-0.4, -0.2) is 23.1 Å². The lowest BCUT2D eigenvalue weighted by Crippen LogP contribution is -2.14. The predicted molar refractivity (Wildman–Crippen MR) is 94.8 cm³/mol. The zero-order chi connectivity index (χ0) is 19.1. The van der Waals surface area contributed by atoms with Gasteiger partial charge in [0.15, 0.2) is 5.82 Å². The van der Waals surface area contributed by atoms with Gasteiger partial charge < -0.3 is 9.09 Å². The van der Waals surface area contributed by atoms with Gasteiger partial charge in [0, 0.05) is 30.5 Å². The minimum absolute atomic E-state index is 0.0631. The third kappa shape index (κ3) is 3.10. The lowest BCUT2D eigenvalue weighted by molar-refractivity contribution is 0.422. The van der Waals surface area contributed by atoms with Crippen molar-refractivity contribution in [3.05, 3.63) is 47.3 Å². The highest BCUT2D eigenvalue weighted by atomic mass is 32.2. The molecule has 0 aliphatic heterocycles. The molecule has 0 bridgehead atoms. The number of hydrogen-bond donors (Lipinski definition) is 1. The van der Waals surface area contributed by atoms with E-state index >= 15 is 0 Å². The van der Waals surface area contributed by atoms with Crippen molar-refractivity contribution in [1.82, 2.24) is 14.7 Å². The molecule has 26 heavy (non-hydrogen) atoms. The summed E-state index contributed by atoms with van der Waals surface area (Å²) in [5.74, 6) is 0.205. The molecule has 3 rings (SSSR count). The van der Waals surface area contributed by atoms with Gasteiger partial charge in [-0.2, -0.15) is 4.98 Å². The van der Waals surface area contributed by atoms with Crippen molar-refractivity contribution in [2.75, 3.05) is 4.72 Å². The molecule has 0 saturated heterocycles. The van der Waals surface area contributed by atoms with Gasteiger partial charge in [0.2, 0.25) is 0 Å². The van der Waals surface area contributed by atoms with Gasteiger partial charge in [0.1, 0.15) is 10.7 Å². The lowest BCUT2D eigenvalue weighted by atomic mass is 10.2. The normalized spacial score (nSPS) is 11.7. The maximum absolute atomic E-state index is 13.1. The molecule has 0 fully saturated rings. The van der Waals surface area contributed by atoms with E-state index in [1.807, 2.05) is 6.92 Å². The second kappa shape index (κ2) is 6.56. The van der Waals surface area contributed by atoms with Gasteiger partial charge in [0.05, 0.1) is 5.56 Å². The summed E-state index contributed by atoms with van der Waals surface area (Å²) in [4.78, 5) is 4.34. The van der Waals surface area contributed by atoms with Gasteiger partial charge in [-0.3, -0.25) is 4.72 Å². The highest BCUT2D eigenvalue weighted by Gasteiger charge is 2.30. The molecule has 1 N–H and O–H groups in total. The minimum Gasteiger partial charge on any atom is -0.350 e. The molecule has 2 heterocycles. The van der Waals surface area contributed by atoms with Crippen molar-refractivity contribution in [2.45, 2.75) is 32.1 Å². The van der Waals surface area contributed by atoms with Gasteiger partial charge in [0.25, 0.3) is 15.9 Å². The molecule has 9 heteroatoms. The number of anilines is 1. The topological polar surface area (TPSA) is 90.0 Å². The van der Waals surface area contributed by atoms with Crippen LogP contribution in [0.1, 0.15) is 24.1 Å². The summed E-state index contributed by atoms with van der Waals surface area (Å²) in [6.07, 6.45) is 0.574. The number of sulfonamides is 1. The van der Waals surface area contributed by atoms with E-state index in [-0.39, 0.29) is 16.5 Å². The molecule has 0 spiro atoms. The van der Waals surface area contributed by atoms with Gasteiger partial charge in [-0.25, -0.2) is 12.8 Å². The molecule has 7 nitrogen and oxygen atoms in total. The van der Waals surface area contributed by atoms with Crippen molar-refractivity contribution in [3.8, 4) is 11.5 Å². The fourth-order valence-corrected chi connectivity index (χ4v) is 4.30. The Kier molecular flexibility index (Phi) is 4.57. The number of halogens is 1. The number of aromatic nitrogens is 3. The van der Waals surface area contributed by atoms with E-state index in [4.69, 9.17) is 4.52 Å². The third-order valence-corrected chi connectivity index (χ3v) is 5.83. The Hall–Kier alpha value is -2.68. The largest absolute Gasteiger partial charge is 0.350 e. The first-order valence-corrected chi connectivity index (χ1v) is 9.50. The first-order valence-electron chi connectivity index (χ1n) is 8.01. The SMILES string of the molecule is CCc1noc(-c2c(S(=O)(=O)Nc3ccc(F)cc3)c(C)n(C)c2C)n1. The van der Waals surface area contributed by atoms with Crippen LogP contribution in [0.25, 0.3) is 11.5 Å². The van der Waals surface area contributed by atoms with E-state index < -0.39 is 15.8 Å². The Balaban J connectivity index is 2.14. The van der Waals surface area contributed by atoms with E-state index in [0.717, 1.165) is 0 Å². The fourth-order valence-electron chi connectivity index (χ4n) is 2.72. The van der Waals surface area contributed by atoms with E-state index in [1.165, 1.54) is 24.3 Å². The molecule has 0 aliphatic rings. The van der Waals surface area contributed by atoms with Crippen LogP contribution >= 0.6 is 0 Å². The zero-order valence-electron chi connectivity index (χ0n) is 14.9. The van der Waals surface area contributed by atoms with Crippen LogP contribution < -0.4 is 4.72 Å². The van der Waals surface area contributed by atoms with Gasteiger partial charge in [-0.1, -0.05) is 12.1 Å². The van der Waals surface area contributed by atoms with Crippen LogP contribution in [0.15, 0.2) is 33.7 Å². The van der Waals surface area contributed by atoms with Crippen LogP contribution in [-0.2, 0) is 23.5 Å². The molecular weight excluding hydrogens is 359 g/mol. The monoisotopic (exact) mass is 378 g/mol. The summed E-state index contributed by atoms with van der Waals surface area (Å²) in [6.45, 7) is 5.37. The van der Waals surface area contributed by atoms with Gasteiger partial charge >= 0.3 is 0 Å². The quantitative estimate of drug-likeness (QED) is 0.736. The van der Waals surface area contributed by atoms with Crippen molar-refractivity contribution < 1.29 is 17.3 Å². The van der Waals surface area contributed by atoms with Gasteiger partial charge in [-0.15, -0.1) is 0 Å². The number of nitrogens with zero attached hydrogens (tertiary/aromatic N) is 3. The molecule has 0 unspecified atom stereocenters. The van der Waals surface area contributed by atoms with E-state index in [9.17, 15) is 12.8 Å². The highest BCUT2D eigenvalue weighted by molar-refractivity contribution is 7.93. The third-order valence-electron chi connectivity index (χ3n) is 4.29. The summed E-state index contributed by atoms with van der Waals surface area (Å²) < 4.78 is 48.7. The molecule has 0 saturated carbocycles. The standard InChI is InChI=1S/C17H19FN4O3S/c1-5-14-19-17(25-20-14)15-10(2)22(4)11(3)16(15)26(23,24)21-13-8-6-12(18)7-9-13/h6-9,21H,5H2,1-4H3. The van der Waals surface area contributed by atoms with E-state index in [1.54, 1.807) is 25.5 Å². The summed E-state index contributed by atoms with van der Waals surface area (Å²) in [5.41, 5.74) is 1.85. The van der Waals surface area contributed by atoms with Crippen LogP contribution in [0, 0.1) is 19.7 Å². The molecule has 1 aromatic carbocycles. The molecule has 0 amide bonds. The smallest absolute Gasteiger partial charge is 0.264 e. The molecule has 138 valence electrons. The first kappa shape index (κ1) is 18.1. The van der Waals surface area contributed by atoms with Crippen LogP contribution in [0.5, 0.6) is 0 Å². The zero-order valence-corrected chi connectivity index (χ0v) is 15.7. The molecule has 0 aliphatic carbocycles. The van der Waals surface area contributed by atoms with Crippen LogP contribution in [0.4, 0.5) is 10.1 Å². The van der Waals surface area contributed by atoms with Crippen molar-refractivity contribution in [1.29, 1.82) is 0 Å². The molecule has 3 aromatic rings. The van der Waals surface area contributed by atoms with Crippen LogP contribution in [0.3, 0.4) is 0 Å². The number of hydrogen-bond acceptors (Lipinski definition) is 5. The number of benzene rings is 1. The number of rotatable bonds is 5. The predicted octanol–water partition coefficient (Wildman–Crippen LogP) is 3.19. The second-order valence-corrected chi connectivity index (χ2v) is 7.53. The summed E-state index contributed by atoms with van der Waals surface area (Å²) in [6, 6.07) is 5.10. The number of nitrogens with one attached hydrogen (secondary N) is 1. The minimum atomic E-state index is -3.96. The summed E-state index contributed by atoms with van der Waals surface area (Å²) in [5, 5.41) is 3.86. The summed E-state index contributed by atoms with van der Waals surface area (Å²) in [7, 11) is -2.19.